The number of nitrogens with one attached hydrogen (secondary N) is 1. The van der Waals surface area contributed by atoms with Crippen LogP contribution in [-0.2, 0) is 4.79 Å². The molecule has 0 aromatic carbocycles. The molecule has 2 atom stereocenters. The average molecular weight is 283 g/mol. The van der Waals surface area contributed by atoms with Crippen molar-refractivity contribution in [3.63, 3.8) is 0 Å². The summed E-state index contributed by atoms with van der Waals surface area (Å²) >= 11 is 5.65. The van der Waals surface area contributed by atoms with Crippen LogP contribution >= 0.6 is 11.6 Å². The SMILES string of the molecule is O=C(NC1CCCC(C(=O)O)C1)c1ccc(Cl)nc1. The molecule has 2 unspecified atom stereocenters. The summed E-state index contributed by atoms with van der Waals surface area (Å²) in [6, 6.07) is 3.07. The zero-order valence-electron chi connectivity index (χ0n) is 10.3. The molecule has 19 heavy (non-hydrogen) atoms. The normalized spacial score (nSPS) is 22.8. The van der Waals surface area contributed by atoms with Crippen LogP contribution in [0.4, 0.5) is 0 Å². The summed E-state index contributed by atoms with van der Waals surface area (Å²) in [7, 11) is 0. The van der Waals surface area contributed by atoms with Crippen LogP contribution in [0.1, 0.15) is 36.0 Å². The Bertz CT molecular complexity index is 475. The van der Waals surface area contributed by atoms with Gasteiger partial charge in [-0.2, -0.15) is 0 Å². The van der Waals surface area contributed by atoms with Crippen LogP contribution in [0.5, 0.6) is 0 Å². The first-order valence-electron chi connectivity index (χ1n) is 6.21. The lowest BCUT2D eigenvalue weighted by molar-refractivity contribution is -0.143. The van der Waals surface area contributed by atoms with Gasteiger partial charge in [-0.1, -0.05) is 18.0 Å². The molecule has 1 aromatic heterocycles. The van der Waals surface area contributed by atoms with E-state index in [0.29, 0.717) is 23.6 Å². The molecular weight excluding hydrogens is 268 g/mol. The molecule has 0 saturated heterocycles. The maximum atomic E-state index is 12.0. The summed E-state index contributed by atoms with van der Waals surface area (Å²) in [6.45, 7) is 0. The Morgan fingerprint density at radius 2 is 2.16 bits per heavy atom. The summed E-state index contributed by atoms with van der Waals surface area (Å²) < 4.78 is 0. The monoisotopic (exact) mass is 282 g/mol. The van der Waals surface area contributed by atoms with Crippen molar-refractivity contribution in [3.05, 3.63) is 29.0 Å². The fraction of sp³-hybridized carbons (Fsp3) is 0.462. The minimum absolute atomic E-state index is 0.0852. The van der Waals surface area contributed by atoms with Crippen molar-refractivity contribution in [1.82, 2.24) is 10.3 Å². The number of carbonyl (C=O) groups excluding carboxylic acids is 1. The molecule has 102 valence electrons. The van der Waals surface area contributed by atoms with Gasteiger partial charge in [0.2, 0.25) is 0 Å². The Balaban J connectivity index is 1.95. The molecular formula is C13H15ClN2O3. The molecule has 1 aliphatic carbocycles. The molecule has 5 nitrogen and oxygen atoms in total. The summed E-state index contributed by atoms with van der Waals surface area (Å²) in [5.74, 6) is -1.38. The van der Waals surface area contributed by atoms with E-state index >= 15 is 0 Å². The number of hydrogen-bond acceptors (Lipinski definition) is 3. The van der Waals surface area contributed by atoms with Gasteiger partial charge >= 0.3 is 5.97 Å². The second-order valence-corrected chi connectivity index (χ2v) is 5.13. The highest BCUT2D eigenvalue weighted by Crippen LogP contribution is 2.24. The van der Waals surface area contributed by atoms with Gasteiger partial charge in [0, 0.05) is 12.2 Å². The lowest BCUT2D eigenvalue weighted by Crippen LogP contribution is -2.39. The van der Waals surface area contributed by atoms with E-state index in [1.807, 2.05) is 0 Å². The Hall–Kier alpha value is -1.62. The maximum Gasteiger partial charge on any atom is 0.306 e. The van der Waals surface area contributed by atoms with E-state index in [0.717, 1.165) is 12.8 Å². The molecule has 2 N–H and O–H groups in total. The van der Waals surface area contributed by atoms with Crippen molar-refractivity contribution in [2.24, 2.45) is 5.92 Å². The second kappa shape index (κ2) is 6.02. The molecule has 1 heterocycles. The molecule has 0 aliphatic heterocycles. The van der Waals surface area contributed by atoms with Gasteiger partial charge in [0.05, 0.1) is 11.5 Å². The molecule has 0 radical (unpaired) electrons. The molecule has 1 aromatic rings. The largest absolute Gasteiger partial charge is 0.481 e. The van der Waals surface area contributed by atoms with Crippen molar-refractivity contribution in [2.45, 2.75) is 31.7 Å². The molecule has 1 fully saturated rings. The number of carboxylic acid groups (broad SMARTS) is 1. The van der Waals surface area contributed by atoms with E-state index in [-0.39, 0.29) is 17.9 Å². The first-order valence-corrected chi connectivity index (χ1v) is 6.59. The molecule has 1 amide bonds. The van der Waals surface area contributed by atoms with E-state index in [1.54, 1.807) is 12.1 Å². The zero-order chi connectivity index (χ0) is 13.8. The highest BCUT2D eigenvalue weighted by atomic mass is 35.5. The van der Waals surface area contributed by atoms with E-state index in [1.165, 1.54) is 6.20 Å². The number of nitrogens with zero attached hydrogens (tertiary/aromatic N) is 1. The number of carbonyl (C=O) groups is 2. The van der Waals surface area contributed by atoms with Gasteiger partial charge in [-0.25, -0.2) is 4.98 Å². The number of rotatable bonds is 3. The first kappa shape index (κ1) is 13.8. The van der Waals surface area contributed by atoms with E-state index in [9.17, 15) is 9.59 Å². The third-order valence-electron chi connectivity index (χ3n) is 3.35. The number of aliphatic carboxylic acids is 1. The van der Waals surface area contributed by atoms with Crippen molar-refractivity contribution in [2.75, 3.05) is 0 Å². The molecule has 2 rings (SSSR count). The van der Waals surface area contributed by atoms with Gasteiger partial charge < -0.3 is 10.4 Å². The number of carboxylic acids is 1. The molecule has 1 saturated carbocycles. The lowest BCUT2D eigenvalue weighted by Gasteiger charge is -2.27. The quantitative estimate of drug-likeness (QED) is 0.832. The summed E-state index contributed by atoms with van der Waals surface area (Å²) in [5.41, 5.74) is 0.432. The second-order valence-electron chi connectivity index (χ2n) is 4.74. The lowest BCUT2D eigenvalue weighted by atomic mass is 9.85. The average Bonchev–Trinajstić information content (AvgIpc) is 2.39. The van der Waals surface area contributed by atoms with Crippen LogP contribution in [0.25, 0.3) is 0 Å². The smallest absolute Gasteiger partial charge is 0.306 e. The van der Waals surface area contributed by atoms with Crippen LogP contribution in [0.2, 0.25) is 5.15 Å². The molecule has 6 heteroatoms. The predicted octanol–water partition coefficient (Wildman–Crippen LogP) is 2.11. The van der Waals surface area contributed by atoms with Crippen LogP contribution in [-0.4, -0.2) is 28.0 Å². The molecule has 0 spiro atoms. The van der Waals surface area contributed by atoms with Crippen molar-refractivity contribution < 1.29 is 14.7 Å². The minimum Gasteiger partial charge on any atom is -0.481 e. The van der Waals surface area contributed by atoms with Gasteiger partial charge in [-0.3, -0.25) is 9.59 Å². The fourth-order valence-electron chi connectivity index (χ4n) is 2.32. The topological polar surface area (TPSA) is 79.3 Å². The number of halogens is 1. The fourth-order valence-corrected chi connectivity index (χ4v) is 2.44. The Morgan fingerprint density at radius 3 is 2.79 bits per heavy atom. The Labute approximate surface area is 116 Å². The highest BCUT2D eigenvalue weighted by Gasteiger charge is 2.27. The number of hydrogen-bond donors (Lipinski definition) is 2. The van der Waals surface area contributed by atoms with Crippen molar-refractivity contribution >= 4 is 23.5 Å². The standard InChI is InChI=1S/C13H15ClN2O3/c14-11-5-4-9(7-15-11)12(17)16-10-3-1-2-8(6-10)13(18)19/h4-5,7-8,10H,1-3,6H2,(H,16,17)(H,18,19). The van der Waals surface area contributed by atoms with Crippen molar-refractivity contribution in [1.29, 1.82) is 0 Å². The highest BCUT2D eigenvalue weighted by molar-refractivity contribution is 6.29. The molecule has 0 bridgehead atoms. The third kappa shape index (κ3) is 3.67. The van der Waals surface area contributed by atoms with E-state index in [2.05, 4.69) is 10.3 Å². The maximum absolute atomic E-state index is 12.0. The predicted molar refractivity (Wildman–Crippen MR) is 70.1 cm³/mol. The first-order chi connectivity index (χ1) is 9.06. The Kier molecular flexibility index (Phi) is 4.37. The molecule has 1 aliphatic rings. The summed E-state index contributed by atoms with van der Waals surface area (Å²) in [5, 5.41) is 12.2. The van der Waals surface area contributed by atoms with Crippen molar-refractivity contribution in [3.8, 4) is 0 Å². The van der Waals surface area contributed by atoms with E-state index in [4.69, 9.17) is 16.7 Å². The number of aromatic nitrogens is 1. The summed E-state index contributed by atoms with van der Waals surface area (Å²) in [4.78, 5) is 26.8. The number of amides is 1. The van der Waals surface area contributed by atoms with Gasteiger partial charge in [-0.15, -0.1) is 0 Å². The van der Waals surface area contributed by atoms with Gasteiger partial charge in [0.1, 0.15) is 5.15 Å². The van der Waals surface area contributed by atoms with Crippen LogP contribution < -0.4 is 5.32 Å². The van der Waals surface area contributed by atoms with Gasteiger partial charge in [-0.05, 0) is 31.4 Å². The Morgan fingerprint density at radius 1 is 1.37 bits per heavy atom. The minimum atomic E-state index is -0.785. The summed E-state index contributed by atoms with van der Waals surface area (Å²) in [6.07, 6.45) is 4.22. The number of pyridine rings is 1. The zero-order valence-corrected chi connectivity index (χ0v) is 11.1. The van der Waals surface area contributed by atoms with E-state index < -0.39 is 5.97 Å². The van der Waals surface area contributed by atoms with Crippen LogP contribution in [0.3, 0.4) is 0 Å². The third-order valence-corrected chi connectivity index (χ3v) is 3.57. The van der Waals surface area contributed by atoms with Crippen LogP contribution in [0, 0.1) is 5.92 Å². The van der Waals surface area contributed by atoms with Gasteiger partial charge in [0.25, 0.3) is 5.91 Å². The van der Waals surface area contributed by atoms with Gasteiger partial charge in [0.15, 0.2) is 0 Å². The van der Waals surface area contributed by atoms with Crippen LogP contribution in [0.15, 0.2) is 18.3 Å².